The molecule has 0 spiro atoms. The third-order valence-corrected chi connectivity index (χ3v) is 3.86. The summed E-state index contributed by atoms with van der Waals surface area (Å²) < 4.78 is 0. The molecule has 0 amide bonds. The Balaban J connectivity index is 2.12. The van der Waals surface area contributed by atoms with Crippen LogP contribution in [0, 0.1) is 17.2 Å². The summed E-state index contributed by atoms with van der Waals surface area (Å²) >= 11 is 0. The summed E-state index contributed by atoms with van der Waals surface area (Å²) in [5.41, 5.74) is 5.17. The van der Waals surface area contributed by atoms with Gasteiger partial charge in [-0.1, -0.05) is 13.3 Å². The summed E-state index contributed by atoms with van der Waals surface area (Å²) in [7, 11) is 0. The van der Waals surface area contributed by atoms with Crippen LogP contribution in [0.1, 0.15) is 52.4 Å². The molecule has 1 rings (SSSR count). The Labute approximate surface area is 106 Å². The van der Waals surface area contributed by atoms with E-state index in [2.05, 4.69) is 17.9 Å². The molecule has 0 aromatic heterocycles. The van der Waals surface area contributed by atoms with E-state index >= 15 is 0 Å². The van der Waals surface area contributed by atoms with E-state index in [1.165, 1.54) is 45.3 Å². The molecule has 1 fully saturated rings. The zero-order valence-electron chi connectivity index (χ0n) is 11.4. The second kappa shape index (κ2) is 6.98. The molecular formula is C14H27N3. The number of nitrogens with two attached hydrogens (primary N) is 1. The maximum absolute atomic E-state index is 8.82. The van der Waals surface area contributed by atoms with E-state index < -0.39 is 5.54 Å². The summed E-state index contributed by atoms with van der Waals surface area (Å²) in [5, 5.41) is 8.82. The average molecular weight is 237 g/mol. The highest BCUT2D eigenvalue weighted by Gasteiger charge is 2.19. The first-order valence-corrected chi connectivity index (χ1v) is 7.00. The van der Waals surface area contributed by atoms with Crippen molar-refractivity contribution >= 4 is 0 Å². The summed E-state index contributed by atoms with van der Waals surface area (Å²) in [6.07, 6.45) is 7.12. The summed E-state index contributed by atoms with van der Waals surface area (Å²) in [4.78, 5) is 2.58. The predicted octanol–water partition coefficient (Wildman–Crippen LogP) is 2.52. The van der Waals surface area contributed by atoms with E-state index in [9.17, 15) is 0 Å². The summed E-state index contributed by atoms with van der Waals surface area (Å²) in [6.45, 7) is 7.82. The number of hydrogen-bond acceptors (Lipinski definition) is 3. The molecule has 2 atom stereocenters. The van der Waals surface area contributed by atoms with E-state index in [1.807, 2.05) is 6.92 Å². The van der Waals surface area contributed by atoms with Crippen LogP contribution in [0.4, 0.5) is 0 Å². The Morgan fingerprint density at radius 3 is 2.88 bits per heavy atom. The van der Waals surface area contributed by atoms with E-state index in [0.29, 0.717) is 0 Å². The first kappa shape index (κ1) is 14.5. The van der Waals surface area contributed by atoms with E-state index in [1.54, 1.807) is 0 Å². The van der Waals surface area contributed by atoms with E-state index in [4.69, 9.17) is 11.0 Å². The molecule has 17 heavy (non-hydrogen) atoms. The number of nitrogens with zero attached hydrogens (tertiary/aromatic N) is 2. The van der Waals surface area contributed by atoms with Crippen LogP contribution in [0.3, 0.4) is 0 Å². The molecule has 0 saturated carbocycles. The quantitative estimate of drug-likeness (QED) is 0.722. The molecular weight excluding hydrogens is 210 g/mol. The predicted molar refractivity (Wildman–Crippen MR) is 71.5 cm³/mol. The monoisotopic (exact) mass is 237 g/mol. The minimum absolute atomic E-state index is 0.631. The lowest BCUT2D eigenvalue weighted by Crippen LogP contribution is -2.36. The second-order valence-electron chi connectivity index (χ2n) is 5.70. The van der Waals surface area contributed by atoms with Gasteiger partial charge in [0.25, 0.3) is 0 Å². The molecule has 2 unspecified atom stereocenters. The topological polar surface area (TPSA) is 53.0 Å². The fraction of sp³-hybridized carbons (Fsp3) is 0.929. The van der Waals surface area contributed by atoms with Gasteiger partial charge >= 0.3 is 0 Å². The van der Waals surface area contributed by atoms with Crippen molar-refractivity contribution in [3.05, 3.63) is 0 Å². The third-order valence-electron chi connectivity index (χ3n) is 3.86. The van der Waals surface area contributed by atoms with Crippen LogP contribution in [-0.2, 0) is 0 Å². The van der Waals surface area contributed by atoms with Crippen molar-refractivity contribution < 1.29 is 0 Å². The molecule has 1 heterocycles. The Kier molecular flexibility index (Phi) is 5.94. The van der Waals surface area contributed by atoms with Gasteiger partial charge in [0.2, 0.25) is 0 Å². The number of likely N-dealkylation sites (tertiary alicyclic amines) is 1. The Morgan fingerprint density at radius 2 is 2.24 bits per heavy atom. The molecule has 0 aliphatic carbocycles. The normalized spacial score (nSPS) is 25.2. The SMILES string of the molecule is CCC1CCCN(CCCCC(C)(N)C#N)C1. The van der Waals surface area contributed by atoms with Gasteiger partial charge in [-0.15, -0.1) is 0 Å². The van der Waals surface area contributed by atoms with Crippen molar-refractivity contribution in [2.24, 2.45) is 11.7 Å². The van der Waals surface area contributed by atoms with Gasteiger partial charge in [-0.2, -0.15) is 5.26 Å². The Bertz CT molecular complexity index is 255. The van der Waals surface area contributed by atoms with Gasteiger partial charge in [-0.25, -0.2) is 0 Å². The first-order chi connectivity index (χ1) is 8.07. The lowest BCUT2D eigenvalue weighted by Gasteiger charge is -2.32. The molecule has 1 saturated heterocycles. The minimum atomic E-state index is -0.631. The van der Waals surface area contributed by atoms with Crippen LogP contribution >= 0.6 is 0 Å². The van der Waals surface area contributed by atoms with Gasteiger partial charge in [-0.05, 0) is 58.0 Å². The fourth-order valence-corrected chi connectivity index (χ4v) is 2.57. The van der Waals surface area contributed by atoms with Crippen molar-refractivity contribution in [1.29, 1.82) is 5.26 Å². The van der Waals surface area contributed by atoms with Gasteiger partial charge < -0.3 is 10.6 Å². The highest BCUT2D eigenvalue weighted by Crippen LogP contribution is 2.19. The molecule has 98 valence electrons. The van der Waals surface area contributed by atoms with Crippen molar-refractivity contribution in [2.45, 2.75) is 57.9 Å². The average Bonchev–Trinajstić information content (AvgIpc) is 2.35. The second-order valence-corrected chi connectivity index (χ2v) is 5.70. The third kappa shape index (κ3) is 5.52. The van der Waals surface area contributed by atoms with Crippen molar-refractivity contribution in [3.8, 4) is 6.07 Å². The molecule has 0 aromatic carbocycles. The molecule has 0 aromatic rings. The number of piperidine rings is 1. The van der Waals surface area contributed by atoms with Crippen molar-refractivity contribution in [3.63, 3.8) is 0 Å². The molecule has 0 radical (unpaired) electrons. The zero-order chi connectivity index (χ0) is 12.7. The maximum Gasteiger partial charge on any atom is 0.101 e. The Morgan fingerprint density at radius 1 is 1.47 bits per heavy atom. The number of nitriles is 1. The number of hydrogen-bond donors (Lipinski definition) is 1. The molecule has 1 aliphatic heterocycles. The van der Waals surface area contributed by atoms with Gasteiger partial charge in [0.15, 0.2) is 0 Å². The summed E-state index contributed by atoms with van der Waals surface area (Å²) in [6, 6.07) is 2.16. The number of rotatable bonds is 6. The molecule has 3 heteroatoms. The molecule has 0 bridgehead atoms. The largest absolute Gasteiger partial charge is 0.314 e. The van der Waals surface area contributed by atoms with Crippen molar-refractivity contribution in [2.75, 3.05) is 19.6 Å². The van der Waals surface area contributed by atoms with Gasteiger partial charge in [0.05, 0.1) is 6.07 Å². The lowest BCUT2D eigenvalue weighted by molar-refractivity contribution is 0.168. The highest BCUT2D eigenvalue weighted by atomic mass is 15.1. The van der Waals surface area contributed by atoms with Crippen LogP contribution < -0.4 is 5.73 Å². The minimum Gasteiger partial charge on any atom is -0.314 e. The van der Waals surface area contributed by atoms with E-state index in [0.717, 1.165) is 18.8 Å². The Hall–Kier alpha value is -0.590. The van der Waals surface area contributed by atoms with Crippen LogP contribution in [0.5, 0.6) is 0 Å². The fourth-order valence-electron chi connectivity index (χ4n) is 2.57. The highest BCUT2D eigenvalue weighted by molar-refractivity contribution is 5.00. The van der Waals surface area contributed by atoms with Gasteiger partial charge in [0.1, 0.15) is 5.54 Å². The molecule has 1 aliphatic rings. The van der Waals surface area contributed by atoms with Crippen LogP contribution in [0.15, 0.2) is 0 Å². The molecule has 2 N–H and O–H groups in total. The van der Waals surface area contributed by atoms with Crippen LogP contribution in [0.25, 0.3) is 0 Å². The van der Waals surface area contributed by atoms with Crippen LogP contribution in [0.2, 0.25) is 0 Å². The first-order valence-electron chi connectivity index (χ1n) is 7.00. The smallest absolute Gasteiger partial charge is 0.101 e. The summed E-state index contributed by atoms with van der Waals surface area (Å²) in [5.74, 6) is 0.905. The molecule has 3 nitrogen and oxygen atoms in total. The van der Waals surface area contributed by atoms with E-state index in [-0.39, 0.29) is 0 Å². The van der Waals surface area contributed by atoms with Gasteiger partial charge in [0, 0.05) is 6.54 Å². The zero-order valence-corrected chi connectivity index (χ0v) is 11.4. The standard InChI is InChI=1S/C14H27N3/c1-3-13-7-6-10-17(11-13)9-5-4-8-14(2,16)12-15/h13H,3-11,16H2,1-2H3. The van der Waals surface area contributed by atoms with Crippen molar-refractivity contribution in [1.82, 2.24) is 4.90 Å². The lowest BCUT2D eigenvalue weighted by atomic mass is 9.95. The maximum atomic E-state index is 8.82. The number of unbranched alkanes of at least 4 members (excludes halogenated alkanes) is 1. The van der Waals surface area contributed by atoms with Gasteiger partial charge in [-0.3, -0.25) is 0 Å². The van der Waals surface area contributed by atoms with Crippen LogP contribution in [-0.4, -0.2) is 30.1 Å².